The van der Waals surface area contributed by atoms with Crippen LogP contribution in [0.5, 0.6) is 0 Å². The van der Waals surface area contributed by atoms with Crippen molar-refractivity contribution in [1.82, 2.24) is 29.5 Å². The van der Waals surface area contributed by atoms with Gasteiger partial charge < -0.3 is 5.11 Å². The van der Waals surface area contributed by atoms with Gasteiger partial charge in [0.15, 0.2) is 10.7 Å². The second-order valence-corrected chi connectivity index (χ2v) is 7.25. The maximum Gasteiger partial charge on any atom is 0.338 e. The second kappa shape index (κ2) is 7.15. The Morgan fingerprint density at radius 2 is 2.04 bits per heavy atom. The normalized spacial score (nSPS) is 15.9. The van der Waals surface area contributed by atoms with Crippen LogP contribution in [0.2, 0.25) is 5.15 Å². The standard InChI is InChI=1S/C17H19ClN6O3/c18-14-12-13(23(22-14)8-10-5-3-1-2-4-6-10)15(25)21-17(20-12)24-9-11(7-19-24)16(26)27/h7,9-10H,1-6,8H2,(H,26,27)(H,20,21,25). The van der Waals surface area contributed by atoms with Gasteiger partial charge in [-0.25, -0.2) is 14.5 Å². The first kappa shape index (κ1) is 17.7. The molecule has 0 saturated heterocycles. The molecule has 0 aliphatic heterocycles. The van der Waals surface area contributed by atoms with Crippen molar-refractivity contribution in [3.8, 4) is 5.95 Å². The SMILES string of the molecule is O=C(O)c1cnn(-c2nc3c(Cl)nn(CC4CCCCCC4)c3c(=O)[nH]2)c1. The minimum atomic E-state index is -1.11. The first-order chi connectivity index (χ1) is 13.0. The molecule has 3 heterocycles. The van der Waals surface area contributed by atoms with Crippen molar-refractivity contribution in [3.63, 3.8) is 0 Å². The molecule has 0 atom stereocenters. The molecule has 4 rings (SSSR count). The molecule has 1 aliphatic rings. The molecule has 0 amide bonds. The fourth-order valence-corrected chi connectivity index (χ4v) is 3.85. The molecule has 0 bridgehead atoms. The van der Waals surface area contributed by atoms with Crippen molar-refractivity contribution < 1.29 is 9.90 Å². The number of aromatic nitrogens is 6. The van der Waals surface area contributed by atoms with Gasteiger partial charge in [0.2, 0.25) is 5.95 Å². The maximum atomic E-state index is 12.7. The average Bonchev–Trinajstić information content (AvgIpc) is 3.15. The van der Waals surface area contributed by atoms with E-state index in [-0.39, 0.29) is 27.7 Å². The van der Waals surface area contributed by atoms with Gasteiger partial charge in [0.1, 0.15) is 5.52 Å². The summed E-state index contributed by atoms with van der Waals surface area (Å²) >= 11 is 6.24. The Balaban J connectivity index is 1.72. The quantitative estimate of drug-likeness (QED) is 0.661. The highest BCUT2D eigenvalue weighted by molar-refractivity contribution is 6.33. The lowest BCUT2D eigenvalue weighted by atomic mass is 10.0. The Morgan fingerprint density at radius 1 is 1.30 bits per heavy atom. The molecule has 0 spiro atoms. The van der Waals surface area contributed by atoms with E-state index in [9.17, 15) is 9.59 Å². The van der Waals surface area contributed by atoms with E-state index < -0.39 is 5.97 Å². The van der Waals surface area contributed by atoms with Crippen LogP contribution in [0.15, 0.2) is 17.2 Å². The third-order valence-corrected chi connectivity index (χ3v) is 5.25. The fourth-order valence-electron chi connectivity index (χ4n) is 3.62. The van der Waals surface area contributed by atoms with Crippen molar-refractivity contribution in [3.05, 3.63) is 33.5 Å². The molecule has 2 N–H and O–H groups in total. The molecule has 10 heteroatoms. The maximum absolute atomic E-state index is 12.7. The zero-order valence-electron chi connectivity index (χ0n) is 14.6. The fraction of sp³-hybridized carbons (Fsp3) is 0.471. The van der Waals surface area contributed by atoms with Gasteiger partial charge in [0.25, 0.3) is 5.56 Å². The van der Waals surface area contributed by atoms with Crippen LogP contribution in [0.3, 0.4) is 0 Å². The first-order valence-corrected chi connectivity index (χ1v) is 9.35. The Kier molecular flexibility index (Phi) is 4.69. The summed E-state index contributed by atoms with van der Waals surface area (Å²) in [7, 11) is 0. The summed E-state index contributed by atoms with van der Waals surface area (Å²) in [5.74, 6) is -0.551. The summed E-state index contributed by atoms with van der Waals surface area (Å²) in [6.07, 6.45) is 9.60. The van der Waals surface area contributed by atoms with Crippen LogP contribution in [0, 0.1) is 5.92 Å². The molecule has 0 unspecified atom stereocenters. The van der Waals surface area contributed by atoms with Gasteiger partial charge in [-0.3, -0.25) is 14.5 Å². The number of H-pyrrole nitrogens is 1. The van der Waals surface area contributed by atoms with E-state index in [1.807, 2.05) is 0 Å². The van der Waals surface area contributed by atoms with Gasteiger partial charge in [-0.1, -0.05) is 37.3 Å². The third kappa shape index (κ3) is 3.46. The Morgan fingerprint density at radius 3 is 2.70 bits per heavy atom. The number of aromatic carboxylic acids is 1. The molecule has 1 saturated carbocycles. The predicted octanol–water partition coefficient (Wildman–Crippen LogP) is 2.63. The van der Waals surface area contributed by atoms with Gasteiger partial charge in [-0.15, -0.1) is 0 Å². The van der Waals surface area contributed by atoms with Crippen molar-refractivity contribution in [2.45, 2.75) is 45.1 Å². The number of halogens is 1. The summed E-state index contributed by atoms with van der Waals surface area (Å²) in [4.78, 5) is 30.7. The molecule has 1 aliphatic carbocycles. The van der Waals surface area contributed by atoms with Crippen LogP contribution in [-0.4, -0.2) is 40.6 Å². The van der Waals surface area contributed by atoms with Gasteiger partial charge in [-0.05, 0) is 18.8 Å². The third-order valence-electron chi connectivity index (χ3n) is 5.00. The van der Waals surface area contributed by atoms with E-state index in [0.29, 0.717) is 18.0 Å². The van der Waals surface area contributed by atoms with Crippen molar-refractivity contribution in [1.29, 1.82) is 0 Å². The lowest BCUT2D eigenvalue weighted by Gasteiger charge is -2.14. The summed E-state index contributed by atoms with van der Waals surface area (Å²) in [6.45, 7) is 0.637. The highest BCUT2D eigenvalue weighted by Crippen LogP contribution is 2.26. The minimum absolute atomic E-state index is 0.00657. The number of aromatic amines is 1. The molecular formula is C17H19ClN6O3. The topological polar surface area (TPSA) is 119 Å². The monoisotopic (exact) mass is 390 g/mol. The molecule has 9 nitrogen and oxygen atoms in total. The van der Waals surface area contributed by atoms with E-state index in [2.05, 4.69) is 20.2 Å². The molecule has 27 heavy (non-hydrogen) atoms. The summed E-state index contributed by atoms with van der Waals surface area (Å²) in [6, 6.07) is 0. The highest BCUT2D eigenvalue weighted by Gasteiger charge is 2.20. The minimum Gasteiger partial charge on any atom is -0.478 e. The van der Waals surface area contributed by atoms with Crippen molar-refractivity contribution in [2.75, 3.05) is 0 Å². The number of carboxylic acid groups (broad SMARTS) is 1. The lowest BCUT2D eigenvalue weighted by molar-refractivity contribution is 0.0697. The van der Waals surface area contributed by atoms with Crippen LogP contribution in [0.1, 0.15) is 48.9 Å². The van der Waals surface area contributed by atoms with Gasteiger partial charge >= 0.3 is 5.97 Å². The first-order valence-electron chi connectivity index (χ1n) is 8.97. The Hall–Kier alpha value is -2.68. The number of nitrogens with zero attached hydrogens (tertiary/aromatic N) is 5. The lowest BCUT2D eigenvalue weighted by Crippen LogP contribution is -2.19. The zero-order valence-corrected chi connectivity index (χ0v) is 15.3. The van der Waals surface area contributed by atoms with Gasteiger partial charge in [-0.2, -0.15) is 10.2 Å². The molecule has 0 aromatic carbocycles. The van der Waals surface area contributed by atoms with Crippen LogP contribution in [0.25, 0.3) is 17.0 Å². The smallest absolute Gasteiger partial charge is 0.338 e. The van der Waals surface area contributed by atoms with Gasteiger partial charge in [0, 0.05) is 12.7 Å². The Labute approximate surface area is 159 Å². The number of nitrogens with one attached hydrogen (secondary N) is 1. The number of hydrogen-bond acceptors (Lipinski definition) is 5. The number of rotatable bonds is 4. The Bertz CT molecular complexity index is 1040. The molecule has 142 valence electrons. The molecule has 0 radical (unpaired) electrons. The average molecular weight is 391 g/mol. The van der Waals surface area contributed by atoms with E-state index in [1.165, 1.54) is 42.8 Å². The molecular weight excluding hydrogens is 372 g/mol. The second-order valence-electron chi connectivity index (χ2n) is 6.90. The molecule has 3 aromatic rings. The predicted molar refractivity (Wildman–Crippen MR) is 98.4 cm³/mol. The number of carboxylic acids is 1. The van der Waals surface area contributed by atoms with E-state index in [4.69, 9.17) is 16.7 Å². The summed E-state index contributed by atoms with van der Waals surface area (Å²) in [5, 5.41) is 17.4. The summed E-state index contributed by atoms with van der Waals surface area (Å²) in [5.41, 5.74) is 0.235. The van der Waals surface area contributed by atoms with E-state index >= 15 is 0 Å². The molecule has 1 fully saturated rings. The van der Waals surface area contributed by atoms with E-state index in [1.54, 1.807) is 4.68 Å². The van der Waals surface area contributed by atoms with Crippen LogP contribution < -0.4 is 5.56 Å². The van der Waals surface area contributed by atoms with E-state index in [0.717, 1.165) is 12.8 Å². The summed E-state index contributed by atoms with van der Waals surface area (Å²) < 4.78 is 2.85. The highest BCUT2D eigenvalue weighted by atomic mass is 35.5. The van der Waals surface area contributed by atoms with Crippen LogP contribution in [0.4, 0.5) is 0 Å². The zero-order chi connectivity index (χ0) is 19.0. The van der Waals surface area contributed by atoms with Crippen molar-refractivity contribution >= 4 is 28.6 Å². The number of carbonyl (C=O) groups is 1. The van der Waals surface area contributed by atoms with Crippen LogP contribution >= 0.6 is 11.6 Å². The van der Waals surface area contributed by atoms with Crippen LogP contribution in [-0.2, 0) is 6.54 Å². The number of fused-ring (bicyclic) bond motifs is 1. The van der Waals surface area contributed by atoms with Crippen molar-refractivity contribution in [2.24, 2.45) is 5.92 Å². The molecule has 3 aromatic heterocycles. The number of hydrogen-bond donors (Lipinski definition) is 2. The largest absolute Gasteiger partial charge is 0.478 e. The van der Waals surface area contributed by atoms with Gasteiger partial charge in [0.05, 0.1) is 11.8 Å².